The van der Waals surface area contributed by atoms with E-state index >= 15 is 0 Å². The van der Waals surface area contributed by atoms with Gasteiger partial charge in [0.15, 0.2) is 0 Å². The average molecular weight is 796 g/mol. The van der Waals surface area contributed by atoms with Crippen molar-refractivity contribution >= 4 is 41.3 Å². The lowest BCUT2D eigenvalue weighted by Gasteiger charge is -2.36. The molecule has 2 aliphatic heterocycles. The highest BCUT2D eigenvalue weighted by Gasteiger charge is 2.40. The first-order chi connectivity index (χ1) is 23.9. The second-order valence-corrected chi connectivity index (χ2v) is 25.0. The Kier molecular flexibility index (Phi) is 14.5. The Labute approximate surface area is 301 Å². The topological polar surface area (TPSA) is 211 Å². The van der Waals surface area contributed by atoms with Crippen LogP contribution >= 0.6 is 29.7 Å². The summed E-state index contributed by atoms with van der Waals surface area (Å²) in [7, 11) is -16.7. The minimum atomic E-state index is -4.63. The molecule has 51 heavy (non-hydrogen) atoms. The molecule has 5 rings (SSSR count). The zero-order valence-electron chi connectivity index (χ0n) is 29.5. The van der Waals surface area contributed by atoms with Crippen LogP contribution in [0.25, 0.3) is 0 Å². The van der Waals surface area contributed by atoms with Crippen LogP contribution in [0.2, 0.25) is 0 Å². The quantitative estimate of drug-likeness (QED) is 0.157. The van der Waals surface area contributed by atoms with Gasteiger partial charge in [-0.3, -0.25) is 32.9 Å². The molecule has 2 aliphatic carbocycles. The van der Waals surface area contributed by atoms with Crippen molar-refractivity contribution in [2.24, 2.45) is 17.8 Å². The number of nitrogens with one attached hydrogen (secondary N) is 1. The van der Waals surface area contributed by atoms with Gasteiger partial charge in [-0.1, -0.05) is 18.6 Å². The highest BCUT2D eigenvalue weighted by Crippen LogP contribution is 2.59. The van der Waals surface area contributed by atoms with Gasteiger partial charge in [-0.15, -0.1) is 0 Å². The Morgan fingerprint density at radius 2 is 1.22 bits per heavy atom. The van der Waals surface area contributed by atoms with Crippen LogP contribution in [-0.2, 0) is 29.2 Å². The summed E-state index contributed by atoms with van der Waals surface area (Å²) in [4.78, 5) is 71.4. The molecule has 4 aliphatic rings. The lowest BCUT2D eigenvalue weighted by molar-refractivity contribution is -0.117. The highest BCUT2D eigenvalue weighted by molar-refractivity contribution is 7.74. The van der Waals surface area contributed by atoms with E-state index in [1.165, 1.54) is 19.3 Å². The van der Waals surface area contributed by atoms with Gasteiger partial charge in [0.2, 0.25) is 28.0 Å². The lowest BCUT2D eigenvalue weighted by atomic mass is 9.86. The second kappa shape index (κ2) is 17.8. The molecule has 1 amide bonds. The van der Waals surface area contributed by atoms with Crippen LogP contribution in [0.15, 0.2) is 24.3 Å². The van der Waals surface area contributed by atoms with E-state index in [1.807, 2.05) is 9.80 Å². The van der Waals surface area contributed by atoms with Gasteiger partial charge in [0.25, 0.3) is 0 Å². The van der Waals surface area contributed by atoms with Gasteiger partial charge in [0, 0.05) is 51.4 Å². The first-order valence-electron chi connectivity index (χ1n) is 18.2. The van der Waals surface area contributed by atoms with Gasteiger partial charge >= 0.3 is 7.60 Å². The number of hydrogen-bond acceptors (Lipinski definition) is 9. The number of rotatable bonds is 13. The van der Waals surface area contributed by atoms with Crippen LogP contribution in [0.4, 0.5) is 5.69 Å². The first kappa shape index (κ1) is 41.4. The van der Waals surface area contributed by atoms with Gasteiger partial charge < -0.3 is 39.6 Å². The Morgan fingerprint density at radius 3 is 1.73 bits per heavy atom. The smallest absolute Gasteiger partial charge is 0.335 e. The second-order valence-electron chi connectivity index (χ2n) is 15.4. The molecule has 2 saturated carbocycles. The van der Waals surface area contributed by atoms with Gasteiger partial charge in [-0.05, 0) is 93.7 Å². The molecule has 0 spiro atoms. The van der Waals surface area contributed by atoms with E-state index in [2.05, 4.69) is 15.1 Å². The zero-order chi connectivity index (χ0) is 36.9. The van der Waals surface area contributed by atoms with Crippen LogP contribution in [0.5, 0.6) is 0 Å². The molecule has 1 aromatic rings. The van der Waals surface area contributed by atoms with Crippen LogP contribution in [-0.4, -0.2) is 140 Å². The van der Waals surface area contributed by atoms with E-state index in [-0.39, 0.29) is 24.6 Å². The van der Waals surface area contributed by atoms with Gasteiger partial charge in [0.1, 0.15) is 11.8 Å². The molecule has 2 heterocycles. The monoisotopic (exact) mass is 795 g/mol. The molecule has 290 valence electrons. The fourth-order valence-electron chi connectivity index (χ4n) is 8.51. The van der Waals surface area contributed by atoms with Crippen LogP contribution < -0.4 is 5.32 Å². The summed E-state index contributed by atoms with van der Waals surface area (Å²) in [5.41, 5.74) is 1.19. The fraction of sp³-hybridized carbons (Fsp3) is 0.781. The molecule has 6 N–H and O–H groups in total. The van der Waals surface area contributed by atoms with E-state index in [9.17, 15) is 47.5 Å². The van der Waals surface area contributed by atoms with E-state index in [1.54, 1.807) is 24.3 Å². The van der Waals surface area contributed by atoms with Crippen molar-refractivity contribution in [1.82, 2.24) is 19.6 Å². The number of carbonyl (C=O) groups excluding carboxylic acids is 1. The molecule has 4 fully saturated rings. The molecule has 0 aromatic heterocycles. The maximum absolute atomic E-state index is 13.4. The molecular formula is C32H57N5O10P4. The molecule has 19 heteroatoms. The number of fused-ring (bicyclic) bond motifs is 5. The van der Waals surface area contributed by atoms with E-state index in [4.69, 9.17) is 0 Å². The standard InChI is InChI=1S/C32H57N5O10P4/c38-32(21-30-20-28-3-6-29(30)19-28)33-31-7-4-27(5-8-31)22-48(39,40)25-49(41,42)23-36-11-1-9-35-14-13-34(15-17-36)10-2-12-37(18-16-35)24-50(43,44)26-51(45,46)47/h4-5,7-8,28-30H,1-3,6,9-26H2,(H,33,38)(H,39,40)(H,41,42)(H,43,44)(H2,45,46,47). The molecule has 0 radical (unpaired) electrons. The highest BCUT2D eigenvalue weighted by atomic mass is 31.2. The van der Waals surface area contributed by atoms with Crippen molar-refractivity contribution in [2.75, 3.05) is 95.1 Å². The molecule has 1 aromatic carbocycles. The molecule has 8 unspecified atom stereocenters. The summed E-state index contributed by atoms with van der Waals surface area (Å²) in [6.07, 6.45) is 6.11. The van der Waals surface area contributed by atoms with Crippen LogP contribution in [0.3, 0.4) is 0 Å². The summed E-state index contributed by atoms with van der Waals surface area (Å²) in [5, 5.41) is 2.95. The van der Waals surface area contributed by atoms with E-state index in [0.29, 0.717) is 94.7 Å². The number of nitrogens with zero attached hydrogens (tertiary/aromatic N) is 4. The van der Waals surface area contributed by atoms with Crippen molar-refractivity contribution in [3.05, 3.63) is 29.8 Å². The summed E-state index contributed by atoms with van der Waals surface area (Å²) < 4.78 is 50.6. The van der Waals surface area contributed by atoms with Crippen molar-refractivity contribution in [1.29, 1.82) is 0 Å². The maximum Gasteiger partial charge on any atom is 0.335 e. The predicted molar refractivity (Wildman–Crippen MR) is 199 cm³/mol. The number of anilines is 1. The summed E-state index contributed by atoms with van der Waals surface area (Å²) in [6, 6.07) is 6.79. The Morgan fingerprint density at radius 1 is 0.667 bits per heavy atom. The average Bonchev–Trinajstić information content (AvgIpc) is 3.62. The van der Waals surface area contributed by atoms with Crippen molar-refractivity contribution in [2.45, 2.75) is 51.1 Å². The normalized spacial score (nSPS) is 30.6. The van der Waals surface area contributed by atoms with Crippen molar-refractivity contribution in [3.8, 4) is 0 Å². The Balaban J connectivity index is 1.09. The molecular weight excluding hydrogens is 738 g/mol. The molecule has 4 bridgehead atoms. The summed E-state index contributed by atoms with van der Waals surface area (Å²) in [6.45, 7) is 6.16. The largest absolute Gasteiger partial charge is 0.344 e. The van der Waals surface area contributed by atoms with E-state index in [0.717, 1.165) is 25.4 Å². The third-order valence-electron chi connectivity index (χ3n) is 10.8. The van der Waals surface area contributed by atoms with E-state index < -0.39 is 41.5 Å². The number of amides is 1. The Hall–Kier alpha value is -0.750. The third-order valence-corrected chi connectivity index (χ3v) is 20.1. The number of carbonyl (C=O) groups is 1. The molecule has 8 atom stereocenters. The zero-order valence-corrected chi connectivity index (χ0v) is 33.0. The fourth-order valence-corrected chi connectivity index (χ4v) is 17.3. The number of hydrogen-bond donors (Lipinski definition) is 6. The Bertz CT molecular complexity index is 1530. The SMILES string of the molecule is O=C(CC1CC2CCC1C2)Nc1ccc(CP(=O)(O)CP(=O)(O)CN2CCCN3CCN(CCCN(CP(=O)(O)CP(=O)(O)O)CC3)CC2)cc1. The van der Waals surface area contributed by atoms with Crippen LogP contribution in [0, 0.1) is 17.8 Å². The van der Waals surface area contributed by atoms with Crippen molar-refractivity contribution < 1.29 is 47.5 Å². The summed E-state index contributed by atoms with van der Waals surface area (Å²) >= 11 is 0. The predicted octanol–water partition coefficient (Wildman–Crippen LogP) is 3.79. The lowest BCUT2D eigenvalue weighted by Crippen LogP contribution is -2.47. The number of benzene rings is 1. The first-order valence-corrected chi connectivity index (χ1v) is 26.1. The van der Waals surface area contributed by atoms with Gasteiger partial charge in [0.05, 0.1) is 18.7 Å². The minimum Gasteiger partial charge on any atom is -0.344 e. The maximum atomic E-state index is 13.4. The van der Waals surface area contributed by atoms with Crippen molar-refractivity contribution in [3.63, 3.8) is 0 Å². The minimum absolute atomic E-state index is 0.00990. The molecule has 2 saturated heterocycles. The summed E-state index contributed by atoms with van der Waals surface area (Å²) in [5.74, 6) is 0.186. The van der Waals surface area contributed by atoms with Gasteiger partial charge in [-0.25, -0.2) is 0 Å². The van der Waals surface area contributed by atoms with Crippen LogP contribution in [0.1, 0.15) is 50.5 Å². The molecule has 15 nitrogen and oxygen atoms in total. The third kappa shape index (κ3) is 14.1. The van der Waals surface area contributed by atoms with Gasteiger partial charge in [-0.2, -0.15) is 0 Å².